The van der Waals surface area contributed by atoms with E-state index < -0.39 is 0 Å². The lowest BCUT2D eigenvalue weighted by Gasteiger charge is -2.26. The quantitative estimate of drug-likeness (QED) is 0.746. The molecular weight excluding hydrogens is 246 g/mol. The van der Waals surface area contributed by atoms with Crippen molar-refractivity contribution in [2.75, 3.05) is 6.54 Å². The van der Waals surface area contributed by atoms with Gasteiger partial charge in [0.2, 0.25) is 0 Å². The van der Waals surface area contributed by atoms with Gasteiger partial charge in [0.1, 0.15) is 11.9 Å². The second-order valence-corrected chi connectivity index (χ2v) is 5.97. The molecule has 0 spiro atoms. The molecule has 0 bridgehead atoms. The highest BCUT2D eigenvalue weighted by Crippen LogP contribution is 2.25. The molecule has 2 atom stereocenters. The van der Waals surface area contributed by atoms with Crippen molar-refractivity contribution in [3.63, 3.8) is 0 Å². The van der Waals surface area contributed by atoms with E-state index in [1.807, 2.05) is 0 Å². The zero-order valence-corrected chi connectivity index (χ0v) is 14.0. The maximum atomic E-state index is 6.22. The van der Waals surface area contributed by atoms with Crippen LogP contribution < -0.4 is 10.1 Å². The molecule has 0 amide bonds. The molecule has 2 heteroatoms. The Hall–Kier alpha value is -1.02. The second kappa shape index (κ2) is 8.31. The fourth-order valence-electron chi connectivity index (χ4n) is 2.36. The van der Waals surface area contributed by atoms with Crippen LogP contribution in [-0.4, -0.2) is 18.7 Å². The number of nitrogens with one attached hydrogen (secondary N) is 1. The average molecular weight is 277 g/mol. The summed E-state index contributed by atoms with van der Waals surface area (Å²) in [6, 6.07) is 6.97. The molecule has 1 aromatic carbocycles. The first-order valence-electron chi connectivity index (χ1n) is 8.00. The predicted molar refractivity (Wildman–Crippen MR) is 87.7 cm³/mol. The molecule has 0 saturated carbocycles. The zero-order chi connectivity index (χ0) is 15.1. The highest BCUT2D eigenvalue weighted by molar-refractivity contribution is 5.38. The van der Waals surface area contributed by atoms with Crippen molar-refractivity contribution in [3.8, 4) is 5.75 Å². The Labute approximate surface area is 124 Å². The number of ether oxygens (including phenoxy) is 1. The van der Waals surface area contributed by atoms with Crippen LogP contribution in [0.4, 0.5) is 0 Å². The summed E-state index contributed by atoms with van der Waals surface area (Å²) in [5, 5.41) is 3.57. The maximum absolute atomic E-state index is 6.22. The van der Waals surface area contributed by atoms with Crippen molar-refractivity contribution >= 4 is 0 Å². The van der Waals surface area contributed by atoms with E-state index in [0.29, 0.717) is 12.0 Å². The molecule has 20 heavy (non-hydrogen) atoms. The molecule has 0 radical (unpaired) electrons. The number of benzene rings is 1. The summed E-state index contributed by atoms with van der Waals surface area (Å²) in [6.45, 7) is 14.2. The smallest absolute Gasteiger partial charge is 0.122 e. The summed E-state index contributed by atoms with van der Waals surface area (Å²) in [4.78, 5) is 0. The SMILES string of the molecule is CCCNC(CC)C(C)Oc1cc(C(C)C)ccc1C. The van der Waals surface area contributed by atoms with Gasteiger partial charge in [-0.3, -0.25) is 0 Å². The van der Waals surface area contributed by atoms with E-state index in [1.54, 1.807) is 0 Å². The molecule has 0 aliphatic heterocycles. The van der Waals surface area contributed by atoms with Crippen LogP contribution in [0, 0.1) is 6.92 Å². The fraction of sp³-hybridized carbons (Fsp3) is 0.667. The molecule has 0 saturated heterocycles. The lowest BCUT2D eigenvalue weighted by atomic mass is 10.0. The van der Waals surface area contributed by atoms with Crippen molar-refractivity contribution in [3.05, 3.63) is 29.3 Å². The van der Waals surface area contributed by atoms with Crippen molar-refractivity contribution in [2.45, 2.75) is 72.4 Å². The van der Waals surface area contributed by atoms with Crippen molar-refractivity contribution in [1.29, 1.82) is 0 Å². The van der Waals surface area contributed by atoms with Gasteiger partial charge in [-0.2, -0.15) is 0 Å². The minimum Gasteiger partial charge on any atom is -0.489 e. The van der Waals surface area contributed by atoms with Gasteiger partial charge in [0.05, 0.1) is 0 Å². The summed E-state index contributed by atoms with van der Waals surface area (Å²) >= 11 is 0. The Morgan fingerprint density at radius 1 is 1.15 bits per heavy atom. The molecule has 114 valence electrons. The van der Waals surface area contributed by atoms with E-state index in [-0.39, 0.29) is 6.10 Å². The molecule has 1 rings (SSSR count). The summed E-state index contributed by atoms with van der Waals surface area (Å²) in [6.07, 6.45) is 2.43. The second-order valence-electron chi connectivity index (χ2n) is 5.97. The van der Waals surface area contributed by atoms with E-state index in [2.05, 4.69) is 65.1 Å². The molecule has 0 heterocycles. The van der Waals surface area contributed by atoms with E-state index in [9.17, 15) is 0 Å². The fourth-order valence-corrected chi connectivity index (χ4v) is 2.36. The van der Waals surface area contributed by atoms with Gasteiger partial charge >= 0.3 is 0 Å². The van der Waals surface area contributed by atoms with Crippen molar-refractivity contribution < 1.29 is 4.74 Å². The van der Waals surface area contributed by atoms with Crippen LogP contribution in [0.15, 0.2) is 18.2 Å². The maximum Gasteiger partial charge on any atom is 0.122 e. The van der Waals surface area contributed by atoms with Crippen LogP contribution in [0.1, 0.15) is 64.5 Å². The topological polar surface area (TPSA) is 21.3 Å². The van der Waals surface area contributed by atoms with Gasteiger partial charge in [-0.15, -0.1) is 0 Å². The molecule has 0 aliphatic rings. The van der Waals surface area contributed by atoms with Gasteiger partial charge in [-0.05, 0) is 56.3 Å². The number of rotatable bonds is 8. The first-order valence-corrected chi connectivity index (χ1v) is 8.00. The van der Waals surface area contributed by atoms with E-state index in [1.165, 1.54) is 11.1 Å². The third-order valence-corrected chi connectivity index (χ3v) is 3.85. The molecule has 0 aliphatic carbocycles. The summed E-state index contributed by atoms with van der Waals surface area (Å²) < 4.78 is 6.22. The summed E-state index contributed by atoms with van der Waals surface area (Å²) in [5.74, 6) is 1.56. The third kappa shape index (κ3) is 4.82. The number of hydrogen-bond donors (Lipinski definition) is 1. The normalized spacial score (nSPS) is 14.3. The Balaban J connectivity index is 2.77. The molecule has 1 N–H and O–H groups in total. The summed E-state index contributed by atoms with van der Waals surface area (Å²) in [5.41, 5.74) is 2.55. The van der Waals surface area contributed by atoms with E-state index in [4.69, 9.17) is 4.74 Å². The molecule has 2 unspecified atom stereocenters. The zero-order valence-electron chi connectivity index (χ0n) is 14.0. The number of hydrogen-bond acceptors (Lipinski definition) is 2. The third-order valence-electron chi connectivity index (χ3n) is 3.85. The van der Waals surface area contributed by atoms with E-state index in [0.717, 1.165) is 25.1 Å². The monoisotopic (exact) mass is 277 g/mol. The van der Waals surface area contributed by atoms with Crippen LogP contribution in [0.3, 0.4) is 0 Å². The van der Waals surface area contributed by atoms with Gasteiger partial charge < -0.3 is 10.1 Å². The standard InChI is InChI=1S/C18H31NO/c1-7-11-19-17(8-2)15(6)20-18-12-16(13(3)4)10-9-14(18)5/h9-10,12-13,15,17,19H,7-8,11H2,1-6H3. The average Bonchev–Trinajstić information content (AvgIpc) is 2.41. The molecule has 0 aromatic heterocycles. The molecular formula is C18H31NO. The summed E-state index contributed by atoms with van der Waals surface area (Å²) in [7, 11) is 0. The lowest BCUT2D eigenvalue weighted by Crippen LogP contribution is -2.41. The van der Waals surface area contributed by atoms with Gasteiger partial charge in [-0.25, -0.2) is 0 Å². The Morgan fingerprint density at radius 3 is 2.40 bits per heavy atom. The Morgan fingerprint density at radius 2 is 1.85 bits per heavy atom. The Kier molecular flexibility index (Phi) is 7.08. The largest absolute Gasteiger partial charge is 0.489 e. The van der Waals surface area contributed by atoms with Crippen LogP contribution in [0.25, 0.3) is 0 Å². The van der Waals surface area contributed by atoms with Gasteiger partial charge in [-0.1, -0.05) is 39.8 Å². The first kappa shape index (κ1) is 17.0. The van der Waals surface area contributed by atoms with Crippen LogP contribution in [-0.2, 0) is 0 Å². The number of aryl methyl sites for hydroxylation is 1. The predicted octanol–water partition coefficient (Wildman–Crippen LogP) is 4.66. The van der Waals surface area contributed by atoms with Crippen LogP contribution in [0.5, 0.6) is 5.75 Å². The molecule has 0 fully saturated rings. The first-order chi connectivity index (χ1) is 9.49. The van der Waals surface area contributed by atoms with E-state index >= 15 is 0 Å². The lowest BCUT2D eigenvalue weighted by molar-refractivity contribution is 0.166. The minimum atomic E-state index is 0.188. The van der Waals surface area contributed by atoms with Gasteiger partial charge in [0.25, 0.3) is 0 Å². The van der Waals surface area contributed by atoms with Crippen molar-refractivity contribution in [1.82, 2.24) is 5.32 Å². The van der Waals surface area contributed by atoms with Gasteiger partial charge in [0.15, 0.2) is 0 Å². The molecule has 2 nitrogen and oxygen atoms in total. The minimum absolute atomic E-state index is 0.188. The van der Waals surface area contributed by atoms with Crippen LogP contribution in [0.2, 0.25) is 0 Å². The molecule has 1 aromatic rings. The van der Waals surface area contributed by atoms with Crippen LogP contribution >= 0.6 is 0 Å². The highest BCUT2D eigenvalue weighted by Gasteiger charge is 2.17. The van der Waals surface area contributed by atoms with Gasteiger partial charge in [0, 0.05) is 6.04 Å². The van der Waals surface area contributed by atoms with Crippen molar-refractivity contribution in [2.24, 2.45) is 0 Å². The Bertz CT molecular complexity index is 400. The highest BCUT2D eigenvalue weighted by atomic mass is 16.5.